The third-order valence-electron chi connectivity index (χ3n) is 4.19. The molecule has 0 spiro atoms. The minimum atomic E-state index is -0.431. The maximum absolute atomic E-state index is 12.2. The summed E-state index contributed by atoms with van der Waals surface area (Å²) in [5, 5.41) is 2.76. The van der Waals surface area contributed by atoms with Crippen molar-refractivity contribution in [1.82, 2.24) is 0 Å². The largest absolute Gasteiger partial charge is 0.465 e. The van der Waals surface area contributed by atoms with E-state index in [4.69, 9.17) is 0 Å². The Kier molecular flexibility index (Phi) is 7.11. The van der Waals surface area contributed by atoms with Gasteiger partial charge in [-0.15, -0.1) is 0 Å². The van der Waals surface area contributed by atoms with Crippen LogP contribution in [0.1, 0.15) is 36.2 Å². The summed E-state index contributed by atoms with van der Waals surface area (Å²) in [4.78, 5) is 37.2. The minimum Gasteiger partial charge on any atom is -0.465 e. The number of carbonyl (C=O) groups is 3. The Hall–Kier alpha value is -3.15. The Bertz CT molecular complexity index is 798. The van der Waals surface area contributed by atoms with Crippen LogP contribution in [0.4, 0.5) is 11.4 Å². The molecule has 6 nitrogen and oxygen atoms in total. The number of rotatable bonds is 7. The SMILES string of the molecule is CCc1ccc(N(CCC(=O)Nc2ccc(C(=O)OC)cc2)C(C)=O)cc1. The van der Waals surface area contributed by atoms with Gasteiger partial charge in [0.05, 0.1) is 12.7 Å². The lowest BCUT2D eigenvalue weighted by molar-refractivity contribution is -0.117. The molecule has 0 saturated carbocycles. The zero-order valence-electron chi connectivity index (χ0n) is 15.8. The van der Waals surface area contributed by atoms with E-state index in [0.717, 1.165) is 12.1 Å². The number of esters is 1. The Morgan fingerprint density at radius 3 is 2.15 bits per heavy atom. The summed E-state index contributed by atoms with van der Waals surface area (Å²) >= 11 is 0. The van der Waals surface area contributed by atoms with Gasteiger partial charge in [0.25, 0.3) is 0 Å². The van der Waals surface area contributed by atoms with E-state index in [1.165, 1.54) is 19.6 Å². The quantitative estimate of drug-likeness (QED) is 0.760. The van der Waals surface area contributed by atoms with Gasteiger partial charge < -0.3 is 15.0 Å². The number of hydrogen-bond donors (Lipinski definition) is 1. The molecule has 2 amide bonds. The number of methoxy groups -OCH3 is 1. The van der Waals surface area contributed by atoms with E-state index in [0.29, 0.717) is 11.3 Å². The van der Waals surface area contributed by atoms with Gasteiger partial charge in [-0.2, -0.15) is 0 Å². The summed E-state index contributed by atoms with van der Waals surface area (Å²) in [5.41, 5.74) is 2.95. The van der Waals surface area contributed by atoms with E-state index >= 15 is 0 Å². The van der Waals surface area contributed by atoms with E-state index < -0.39 is 5.97 Å². The molecule has 142 valence electrons. The van der Waals surface area contributed by atoms with Crippen molar-refractivity contribution in [2.24, 2.45) is 0 Å². The van der Waals surface area contributed by atoms with Crippen LogP contribution >= 0.6 is 0 Å². The maximum Gasteiger partial charge on any atom is 0.337 e. The van der Waals surface area contributed by atoms with Crippen LogP contribution in [0.2, 0.25) is 0 Å². The first kappa shape index (κ1) is 20.2. The molecule has 2 rings (SSSR count). The smallest absolute Gasteiger partial charge is 0.337 e. The van der Waals surface area contributed by atoms with Crippen molar-refractivity contribution in [1.29, 1.82) is 0 Å². The molecule has 0 atom stereocenters. The summed E-state index contributed by atoms with van der Waals surface area (Å²) in [5.74, 6) is -0.759. The zero-order chi connectivity index (χ0) is 19.8. The Morgan fingerprint density at radius 1 is 1.00 bits per heavy atom. The standard InChI is InChI=1S/C21H24N2O4/c1-4-16-5-11-19(12-6-16)23(15(2)24)14-13-20(25)22-18-9-7-17(8-10-18)21(26)27-3/h5-12H,4,13-14H2,1-3H3,(H,22,25). The fourth-order valence-corrected chi connectivity index (χ4v) is 2.62. The number of anilines is 2. The van der Waals surface area contributed by atoms with E-state index in [2.05, 4.69) is 17.0 Å². The normalized spacial score (nSPS) is 10.2. The van der Waals surface area contributed by atoms with Gasteiger partial charge in [0.1, 0.15) is 0 Å². The first-order valence-corrected chi connectivity index (χ1v) is 8.80. The van der Waals surface area contributed by atoms with Crippen molar-refractivity contribution in [3.8, 4) is 0 Å². The molecule has 0 saturated heterocycles. The average molecular weight is 368 g/mol. The molecule has 27 heavy (non-hydrogen) atoms. The number of benzene rings is 2. The fourth-order valence-electron chi connectivity index (χ4n) is 2.62. The molecule has 1 N–H and O–H groups in total. The molecule has 0 aliphatic heterocycles. The molecule has 0 heterocycles. The van der Waals surface area contributed by atoms with Crippen molar-refractivity contribution in [3.63, 3.8) is 0 Å². The lowest BCUT2D eigenvalue weighted by Crippen LogP contribution is -2.31. The Morgan fingerprint density at radius 2 is 1.63 bits per heavy atom. The lowest BCUT2D eigenvalue weighted by atomic mass is 10.1. The lowest BCUT2D eigenvalue weighted by Gasteiger charge is -2.21. The first-order chi connectivity index (χ1) is 12.9. The number of aryl methyl sites for hydroxylation is 1. The number of carbonyl (C=O) groups excluding carboxylic acids is 3. The highest BCUT2D eigenvalue weighted by atomic mass is 16.5. The number of nitrogens with zero attached hydrogens (tertiary/aromatic N) is 1. The highest BCUT2D eigenvalue weighted by molar-refractivity contribution is 5.95. The summed E-state index contributed by atoms with van der Waals surface area (Å²) in [7, 11) is 1.31. The predicted molar refractivity (Wildman–Crippen MR) is 105 cm³/mol. The predicted octanol–water partition coefficient (Wildman–Crippen LogP) is 3.42. The van der Waals surface area contributed by atoms with Crippen molar-refractivity contribution in [3.05, 3.63) is 59.7 Å². The monoisotopic (exact) mass is 368 g/mol. The van der Waals surface area contributed by atoms with Gasteiger partial charge in [0, 0.05) is 31.3 Å². The summed E-state index contributed by atoms with van der Waals surface area (Å²) in [6.45, 7) is 3.84. The second-order valence-electron chi connectivity index (χ2n) is 6.06. The third kappa shape index (κ3) is 5.67. The first-order valence-electron chi connectivity index (χ1n) is 8.80. The Labute approximate surface area is 159 Å². The second-order valence-corrected chi connectivity index (χ2v) is 6.06. The number of amides is 2. The minimum absolute atomic E-state index is 0.116. The van der Waals surface area contributed by atoms with Crippen LogP contribution < -0.4 is 10.2 Å². The molecule has 0 fully saturated rings. The van der Waals surface area contributed by atoms with Crippen LogP contribution in [0, 0.1) is 0 Å². The molecule has 0 aliphatic rings. The van der Waals surface area contributed by atoms with E-state index in [-0.39, 0.29) is 24.8 Å². The van der Waals surface area contributed by atoms with Gasteiger partial charge in [-0.05, 0) is 48.4 Å². The highest BCUT2D eigenvalue weighted by Gasteiger charge is 2.14. The van der Waals surface area contributed by atoms with Crippen LogP contribution in [0.15, 0.2) is 48.5 Å². The van der Waals surface area contributed by atoms with Gasteiger partial charge in [-0.3, -0.25) is 9.59 Å². The van der Waals surface area contributed by atoms with E-state index in [1.807, 2.05) is 24.3 Å². The van der Waals surface area contributed by atoms with Gasteiger partial charge in [0.15, 0.2) is 0 Å². The molecule has 0 aromatic heterocycles. The molecule has 0 unspecified atom stereocenters. The topological polar surface area (TPSA) is 75.7 Å². The average Bonchev–Trinajstić information content (AvgIpc) is 2.68. The summed E-state index contributed by atoms with van der Waals surface area (Å²) in [6.07, 6.45) is 1.09. The van der Waals surface area contributed by atoms with Crippen molar-refractivity contribution in [2.45, 2.75) is 26.7 Å². The maximum atomic E-state index is 12.2. The van der Waals surface area contributed by atoms with Gasteiger partial charge >= 0.3 is 5.97 Å². The second kappa shape index (κ2) is 9.52. The number of nitrogens with one attached hydrogen (secondary N) is 1. The summed E-state index contributed by atoms with van der Waals surface area (Å²) in [6, 6.07) is 14.2. The molecule has 0 bridgehead atoms. The highest BCUT2D eigenvalue weighted by Crippen LogP contribution is 2.17. The zero-order valence-corrected chi connectivity index (χ0v) is 15.8. The number of hydrogen-bond acceptors (Lipinski definition) is 4. The summed E-state index contributed by atoms with van der Waals surface area (Å²) < 4.78 is 4.64. The molecule has 6 heteroatoms. The molecule has 0 radical (unpaired) electrons. The van der Waals surface area contributed by atoms with Crippen molar-refractivity contribution < 1.29 is 19.1 Å². The van der Waals surface area contributed by atoms with Gasteiger partial charge in [-0.25, -0.2) is 4.79 Å². The van der Waals surface area contributed by atoms with Crippen LogP contribution in [-0.2, 0) is 20.7 Å². The molecule has 2 aromatic carbocycles. The van der Waals surface area contributed by atoms with Crippen LogP contribution in [-0.4, -0.2) is 31.4 Å². The number of ether oxygens (including phenoxy) is 1. The van der Waals surface area contributed by atoms with Crippen LogP contribution in [0.5, 0.6) is 0 Å². The third-order valence-corrected chi connectivity index (χ3v) is 4.19. The van der Waals surface area contributed by atoms with E-state index in [9.17, 15) is 14.4 Å². The fraction of sp³-hybridized carbons (Fsp3) is 0.286. The van der Waals surface area contributed by atoms with E-state index in [1.54, 1.807) is 29.2 Å². The molecule has 2 aromatic rings. The molecule has 0 aliphatic carbocycles. The van der Waals surface area contributed by atoms with Crippen LogP contribution in [0.3, 0.4) is 0 Å². The van der Waals surface area contributed by atoms with Gasteiger partial charge in [0.2, 0.25) is 11.8 Å². The van der Waals surface area contributed by atoms with Crippen molar-refractivity contribution in [2.75, 3.05) is 23.9 Å². The molecular weight excluding hydrogens is 344 g/mol. The van der Waals surface area contributed by atoms with Crippen LogP contribution in [0.25, 0.3) is 0 Å². The van der Waals surface area contributed by atoms with Crippen molar-refractivity contribution >= 4 is 29.2 Å². The Balaban J connectivity index is 1.95. The molecular formula is C21H24N2O4. The van der Waals surface area contributed by atoms with Gasteiger partial charge in [-0.1, -0.05) is 19.1 Å².